The molecule has 0 fully saturated rings. The SMILES string of the molecule is CC(C)[C@H](Nc1nc(N[C@H](Cc2ccc(O)cc2)C(=O)O)ccc1[N+](=O)[O-])C(=O)O. The molecule has 0 spiro atoms. The van der Waals surface area contributed by atoms with Crippen molar-refractivity contribution in [1.29, 1.82) is 0 Å². The number of nitrogens with one attached hydrogen (secondary N) is 2. The van der Waals surface area contributed by atoms with E-state index in [2.05, 4.69) is 15.6 Å². The largest absolute Gasteiger partial charge is 0.508 e. The van der Waals surface area contributed by atoms with E-state index < -0.39 is 34.6 Å². The number of phenols is 1. The summed E-state index contributed by atoms with van der Waals surface area (Å²) in [7, 11) is 0. The van der Waals surface area contributed by atoms with Crippen molar-refractivity contribution in [2.75, 3.05) is 10.6 Å². The zero-order chi connectivity index (χ0) is 22.4. The van der Waals surface area contributed by atoms with Gasteiger partial charge in [0.15, 0.2) is 0 Å². The molecule has 0 radical (unpaired) electrons. The lowest BCUT2D eigenvalue weighted by Gasteiger charge is -2.20. The Kier molecular flexibility index (Phi) is 7.13. The molecule has 30 heavy (non-hydrogen) atoms. The molecule has 0 saturated heterocycles. The number of carboxylic acids is 2. The first-order valence-electron chi connectivity index (χ1n) is 9.00. The predicted molar refractivity (Wildman–Crippen MR) is 108 cm³/mol. The van der Waals surface area contributed by atoms with Crippen molar-refractivity contribution < 1.29 is 29.8 Å². The van der Waals surface area contributed by atoms with Crippen LogP contribution < -0.4 is 10.6 Å². The molecule has 160 valence electrons. The van der Waals surface area contributed by atoms with Crippen LogP contribution in [-0.4, -0.2) is 49.2 Å². The molecule has 5 N–H and O–H groups in total. The number of carboxylic acid groups (broad SMARTS) is 2. The van der Waals surface area contributed by atoms with E-state index in [1.165, 1.54) is 18.2 Å². The van der Waals surface area contributed by atoms with Gasteiger partial charge in [0.2, 0.25) is 5.82 Å². The van der Waals surface area contributed by atoms with E-state index in [0.717, 1.165) is 6.07 Å². The summed E-state index contributed by atoms with van der Waals surface area (Å²) in [5.74, 6) is -2.97. The number of anilines is 2. The molecule has 2 atom stereocenters. The third-order valence-electron chi connectivity index (χ3n) is 4.29. The van der Waals surface area contributed by atoms with Crippen LogP contribution in [0.15, 0.2) is 36.4 Å². The molecule has 2 aromatic rings. The van der Waals surface area contributed by atoms with E-state index >= 15 is 0 Å². The van der Waals surface area contributed by atoms with E-state index in [-0.39, 0.29) is 29.7 Å². The van der Waals surface area contributed by atoms with Crippen molar-refractivity contribution in [3.05, 3.63) is 52.1 Å². The van der Waals surface area contributed by atoms with Crippen molar-refractivity contribution in [2.45, 2.75) is 32.4 Å². The number of hydrogen-bond donors (Lipinski definition) is 5. The molecule has 11 heteroatoms. The summed E-state index contributed by atoms with van der Waals surface area (Å²) >= 11 is 0. The molecule has 1 aromatic heterocycles. The Hall–Kier alpha value is -3.89. The number of carbonyl (C=O) groups is 2. The first kappa shape index (κ1) is 22.4. The summed E-state index contributed by atoms with van der Waals surface area (Å²) in [4.78, 5) is 37.7. The summed E-state index contributed by atoms with van der Waals surface area (Å²) in [5, 5.41) is 44.7. The second-order valence-electron chi connectivity index (χ2n) is 6.93. The van der Waals surface area contributed by atoms with Crippen LogP contribution in [0.1, 0.15) is 19.4 Å². The number of aromatic hydroxyl groups is 1. The average molecular weight is 418 g/mol. The van der Waals surface area contributed by atoms with E-state index in [1.807, 2.05) is 0 Å². The van der Waals surface area contributed by atoms with Gasteiger partial charge in [-0.2, -0.15) is 0 Å². The zero-order valence-corrected chi connectivity index (χ0v) is 16.3. The Morgan fingerprint density at radius 1 is 1.07 bits per heavy atom. The van der Waals surface area contributed by atoms with Gasteiger partial charge in [-0.3, -0.25) is 10.1 Å². The lowest BCUT2D eigenvalue weighted by atomic mass is 10.0. The normalized spacial score (nSPS) is 12.8. The molecular weight excluding hydrogens is 396 g/mol. The first-order chi connectivity index (χ1) is 14.1. The standard InChI is InChI=1S/C19H22N4O7/c1-10(2)16(19(27)28)22-17-14(23(29)30)7-8-15(21-17)20-13(18(25)26)9-11-3-5-12(24)6-4-11/h3-8,10,13,16,24H,9H2,1-2H3,(H,25,26)(H,27,28)(H2,20,21,22)/t13-,16+/m1/s1. The monoisotopic (exact) mass is 418 g/mol. The maximum Gasteiger partial charge on any atom is 0.326 e. The number of pyridine rings is 1. The molecule has 0 aliphatic carbocycles. The van der Waals surface area contributed by atoms with Gasteiger partial charge in [0.05, 0.1) is 4.92 Å². The van der Waals surface area contributed by atoms with Crippen molar-refractivity contribution in [2.24, 2.45) is 5.92 Å². The lowest BCUT2D eigenvalue weighted by molar-refractivity contribution is -0.384. The second-order valence-corrected chi connectivity index (χ2v) is 6.93. The molecule has 11 nitrogen and oxygen atoms in total. The summed E-state index contributed by atoms with van der Waals surface area (Å²) in [6.07, 6.45) is 0.0563. The quantitative estimate of drug-likeness (QED) is 0.284. The Morgan fingerprint density at radius 2 is 1.70 bits per heavy atom. The fourth-order valence-corrected chi connectivity index (χ4v) is 2.69. The molecule has 0 bridgehead atoms. The number of aliphatic carboxylic acids is 2. The van der Waals surface area contributed by atoms with Gasteiger partial charge < -0.3 is 26.0 Å². The number of hydrogen-bond acceptors (Lipinski definition) is 8. The minimum absolute atomic E-state index is 0.0298. The number of rotatable bonds is 10. The molecule has 1 heterocycles. The Morgan fingerprint density at radius 3 is 2.20 bits per heavy atom. The van der Waals surface area contributed by atoms with Gasteiger partial charge in [0.1, 0.15) is 23.7 Å². The molecule has 0 amide bonds. The average Bonchev–Trinajstić information content (AvgIpc) is 2.66. The third-order valence-corrected chi connectivity index (χ3v) is 4.29. The van der Waals surface area contributed by atoms with E-state index in [0.29, 0.717) is 5.56 Å². The van der Waals surface area contributed by atoms with Crippen LogP contribution in [0.25, 0.3) is 0 Å². The number of benzene rings is 1. The summed E-state index contributed by atoms with van der Waals surface area (Å²) in [5.41, 5.74) is 0.205. The van der Waals surface area contributed by atoms with E-state index in [4.69, 9.17) is 0 Å². The lowest BCUT2D eigenvalue weighted by Crippen LogP contribution is -2.35. The van der Waals surface area contributed by atoms with Gasteiger partial charge in [-0.15, -0.1) is 0 Å². The fraction of sp³-hybridized carbons (Fsp3) is 0.316. The van der Waals surface area contributed by atoms with Crippen molar-refractivity contribution >= 4 is 29.3 Å². The highest BCUT2D eigenvalue weighted by Crippen LogP contribution is 2.26. The third kappa shape index (κ3) is 5.80. The molecule has 0 unspecified atom stereocenters. The van der Waals surface area contributed by atoms with Crippen molar-refractivity contribution in [3.63, 3.8) is 0 Å². The van der Waals surface area contributed by atoms with Gasteiger partial charge in [0.25, 0.3) is 0 Å². The van der Waals surface area contributed by atoms with Gasteiger partial charge in [-0.05, 0) is 29.7 Å². The van der Waals surface area contributed by atoms with Crippen molar-refractivity contribution in [3.8, 4) is 5.75 Å². The summed E-state index contributed by atoms with van der Waals surface area (Å²) in [6, 6.07) is 6.14. The van der Waals surface area contributed by atoms with Crippen LogP contribution >= 0.6 is 0 Å². The Labute approximate surface area is 171 Å². The van der Waals surface area contributed by atoms with Gasteiger partial charge in [-0.1, -0.05) is 26.0 Å². The minimum Gasteiger partial charge on any atom is -0.508 e. The predicted octanol–water partition coefficient (Wildman–Crippen LogP) is 2.32. The van der Waals surface area contributed by atoms with Gasteiger partial charge in [0, 0.05) is 12.5 Å². The Balaban J connectivity index is 2.30. The van der Waals surface area contributed by atoms with Gasteiger partial charge in [-0.25, -0.2) is 14.6 Å². The van der Waals surface area contributed by atoms with Crippen molar-refractivity contribution in [1.82, 2.24) is 4.98 Å². The smallest absolute Gasteiger partial charge is 0.326 e. The molecule has 0 saturated carbocycles. The Bertz CT molecular complexity index is 931. The molecule has 1 aromatic carbocycles. The van der Waals surface area contributed by atoms with Gasteiger partial charge >= 0.3 is 17.6 Å². The van der Waals surface area contributed by atoms with Crippen LogP contribution in [0, 0.1) is 16.0 Å². The van der Waals surface area contributed by atoms with Crippen LogP contribution in [0.3, 0.4) is 0 Å². The zero-order valence-electron chi connectivity index (χ0n) is 16.3. The molecule has 0 aliphatic heterocycles. The molecule has 0 aliphatic rings. The molecule has 2 rings (SSSR count). The van der Waals surface area contributed by atoms with Crippen LogP contribution in [0.5, 0.6) is 5.75 Å². The minimum atomic E-state index is -1.20. The maximum atomic E-state index is 11.7. The number of nitrogens with zero attached hydrogens (tertiary/aromatic N) is 2. The van der Waals surface area contributed by atoms with E-state index in [9.17, 15) is 35.0 Å². The second kappa shape index (κ2) is 9.54. The van der Waals surface area contributed by atoms with Crippen LogP contribution in [-0.2, 0) is 16.0 Å². The summed E-state index contributed by atoms with van der Waals surface area (Å²) in [6.45, 7) is 3.27. The first-order valence-corrected chi connectivity index (χ1v) is 9.00. The maximum absolute atomic E-state index is 11.7. The van der Waals surface area contributed by atoms with E-state index in [1.54, 1.807) is 26.0 Å². The topological polar surface area (TPSA) is 175 Å². The van der Waals surface area contributed by atoms with Crippen LogP contribution in [0.2, 0.25) is 0 Å². The number of nitro groups is 1. The highest BCUT2D eigenvalue weighted by atomic mass is 16.6. The number of aromatic nitrogens is 1. The highest BCUT2D eigenvalue weighted by Gasteiger charge is 2.27. The fourth-order valence-electron chi connectivity index (χ4n) is 2.69. The van der Waals surface area contributed by atoms with Crippen LogP contribution in [0.4, 0.5) is 17.3 Å². The highest BCUT2D eigenvalue weighted by molar-refractivity contribution is 5.79. The summed E-state index contributed by atoms with van der Waals surface area (Å²) < 4.78 is 0. The number of phenolic OH excluding ortho intramolecular Hbond substituents is 1. The molecular formula is C19H22N4O7.